The van der Waals surface area contributed by atoms with Crippen molar-refractivity contribution in [2.24, 2.45) is 11.8 Å². The molecule has 1 saturated carbocycles. The summed E-state index contributed by atoms with van der Waals surface area (Å²) in [5.74, 6) is 1.30. The van der Waals surface area contributed by atoms with Crippen molar-refractivity contribution >= 4 is 5.91 Å². The van der Waals surface area contributed by atoms with Crippen molar-refractivity contribution in [3.8, 4) is 0 Å². The highest BCUT2D eigenvalue weighted by Gasteiger charge is 2.25. The molecule has 0 heterocycles. The SMILES string of the molecule is CC(C)[C@@H]([NH2+]CC(=O)N[C@H]1CCCC[C@@H]1C)c1ccccc1. The number of quaternary nitrogens is 1. The van der Waals surface area contributed by atoms with Crippen LogP contribution in [0.4, 0.5) is 0 Å². The van der Waals surface area contributed by atoms with Crippen molar-refractivity contribution in [3.63, 3.8) is 0 Å². The summed E-state index contributed by atoms with van der Waals surface area (Å²) in [5.41, 5.74) is 1.30. The highest BCUT2D eigenvalue weighted by Crippen LogP contribution is 2.23. The van der Waals surface area contributed by atoms with Crippen LogP contribution in [-0.2, 0) is 4.79 Å². The molecule has 0 spiro atoms. The van der Waals surface area contributed by atoms with Gasteiger partial charge in [0.15, 0.2) is 6.54 Å². The van der Waals surface area contributed by atoms with Gasteiger partial charge in [0.2, 0.25) is 0 Å². The van der Waals surface area contributed by atoms with Crippen molar-refractivity contribution in [3.05, 3.63) is 35.9 Å². The summed E-state index contributed by atoms with van der Waals surface area (Å²) in [6.45, 7) is 7.21. The summed E-state index contributed by atoms with van der Waals surface area (Å²) in [6, 6.07) is 11.2. The van der Waals surface area contributed by atoms with Gasteiger partial charge < -0.3 is 10.6 Å². The van der Waals surface area contributed by atoms with Gasteiger partial charge in [-0.15, -0.1) is 0 Å². The molecular formula is C19H31N2O+. The molecule has 0 radical (unpaired) electrons. The molecule has 0 aromatic heterocycles. The molecule has 1 fully saturated rings. The third kappa shape index (κ3) is 4.84. The molecule has 0 unspecified atom stereocenters. The van der Waals surface area contributed by atoms with Crippen LogP contribution in [0.2, 0.25) is 0 Å². The Morgan fingerprint density at radius 3 is 2.55 bits per heavy atom. The highest BCUT2D eigenvalue weighted by molar-refractivity contribution is 5.77. The van der Waals surface area contributed by atoms with Gasteiger partial charge in [0.25, 0.3) is 5.91 Å². The van der Waals surface area contributed by atoms with Crippen LogP contribution in [0, 0.1) is 11.8 Å². The van der Waals surface area contributed by atoms with Crippen LogP contribution in [0.3, 0.4) is 0 Å². The Morgan fingerprint density at radius 2 is 1.91 bits per heavy atom. The van der Waals surface area contributed by atoms with Crippen molar-refractivity contribution in [1.82, 2.24) is 5.32 Å². The van der Waals surface area contributed by atoms with Crippen LogP contribution < -0.4 is 10.6 Å². The summed E-state index contributed by atoms with van der Waals surface area (Å²) in [6.07, 6.45) is 4.94. The highest BCUT2D eigenvalue weighted by atomic mass is 16.2. The summed E-state index contributed by atoms with van der Waals surface area (Å²) < 4.78 is 0. The Bertz CT molecular complexity index is 458. The lowest BCUT2D eigenvalue weighted by Gasteiger charge is -2.29. The molecule has 1 aromatic rings. The third-order valence-corrected chi connectivity index (χ3v) is 4.92. The van der Waals surface area contributed by atoms with E-state index in [0.717, 1.165) is 6.42 Å². The number of carbonyl (C=O) groups is 1. The third-order valence-electron chi connectivity index (χ3n) is 4.92. The van der Waals surface area contributed by atoms with E-state index in [1.54, 1.807) is 0 Å². The zero-order valence-corrected chi connectivity index (χ0v) is 14.2. The van der Waals surface area contributed by atoms with E-state index in [4.69, 9.17) is 0 Å². The number of amides is 1. The summed E-state index contributed by atoms with van der Waals surface area (Å²) >= 11 is 0. The zero-order valence-electron chi connectivity index (χ0n) is 14.2. The number of nitrogens with one attached hydrogen (secondary N) is 1. The van der Waals surface area contributed by atoms with Crippen LogP contribution in [0.25, 0.3) is 0 Å². The van der Waals surface area contributed by atoms with E-state index in [0.29, 0.717) is 30.5 Å². The minimum absolute atomic E-state index is 0.181. The molecule has 1 amide bonds. The van der Waals surface area contributed by atoms with Crippen LogP contribution >= 0.6 is 0 Å². The maximum atomic E-state index is 12.3. The fourth-order valence-corrected chi connectivity index (χ4v) is 3.50. The standard InChI is InChI=1S/C19H30N2O/c1-14(2)19(16-10-5-4-6-11-16)20-13-18(22)21-17-12-8-7-9-15(17)3/h4-6,10-11,14-15,17,19-20H,7-9,12-13H2,1-3H3,(H,21,22)/p+1/t15-,17-,19+/m0/s1. The lowest BCUT2D eigenvalue weighted by Crippen LogP contribution is -2.88. The van der Waals surface area contributed by atoms with E-state index in [2.05, 4.69) is 55.7 Å². The maximum Gasteiger partial charge on any atom is 0.275 e. The van der Waals surface area contributed by atoms with E-state index in [1.807, 2.05) is 6.07 Å². The molecule has 0 aliphatic heterocycles. The normalized spacial score (nSPS) is 23.3. The Kier molecular flexibility index (Phi) is 6.44. The fourth-order valence-electron chi connectivity index (χ4n) is 3.50. The van der Waals surface area contributed by atoms with E-state index in [-0.39, 0.29) is 5.91 Å². The lowest BCUT2D eigenvalue weighted by atomic mass is 9.86. The van der Waals surface area contributed by atoms with Gasteiger partial charge >= 0.3 is 0 Å². The average Bonchev–Trinajstić information content (AvgIpc) is 2.50. The summed E-state index contributed by atoms with van der Waals surface area (Å²) in [4.78, 5) is 12.3. The number of benzene rings is 1. The van der Waals surface area contributed by atoms with E-state index in [9.17, 15) is 4.79 Å². The minimum Gasteiger partial charge on any atom is -0.348 e. The molecule has 3 heteroatoms. The second-order valence-corrected chi connectivity index (χ2v) is 7.06. The summed E-state index contributed by atoms with van der Waals surface area (Å²) in [5, 5.41) is 5.43. The second kappa shape index (κ2) is 8.33. The van der Waals surface area contributed by atoms with Crippen molar-refractivity contribution in [2.75, 3.05) is 6.54 Å². The molecule has 3 atom stereocenters. The first-order chi connectivity index (χ1) is 10.6. The number of carbonyl (C=O) groups excluding carboxylic acids is 1. The molecule has 0 bridgehead atoms. The van der Waals surface area contributed by atoms with Gasteiger partial charge in [-0.05, 0) is 18.8 Å². The maximum absolute atomic E-state index is 12.3. The van der Waals surface area contributed by atoms with Crippen LogP contribution in [0.1, 0.15) is 58.1 Å². The van der Waals surface area contributed by atoms with Gasteiger partial charge in [-0.2, -0.15) is 0 Å². The molecule has 3 N–H and O–H groups in total. The van der Waals surface area contributed by atoms with Gasteiger partial charge in [-0.1, -0.05) is 63.9 Å². The molecule has 3 nitrogen and oxygen atoms in total. The molecule has 2 rings (SSSR count). The predicted molar refractivity (Wildman–Crippen MR) is 90.4 cm³/mol. The van der Waals surface area contributed by atoms with Gasteiger partial charge in [-0.25, -0.2) is 0 Å². The van der Waals surface area contributed by atoms with Gasteiger partial charge in [-0.3, -0.25) is 4.79 Å². The van der Waals surface area contributed by atoms with Crippen molar-refractivity contribution in [1.29, 1.82) is 0 Å². The van der Waals surface area contributed by atoms with Gasteiger partial charge in [0, 0.05) is 17.5 Å². The Morgan fingerprint density at radius 1 is 1.23 bits per heavy atom. The van der Waals surface area contributed by atoms with Crippen LogP contribution in [0.15, 0.2) is 30.3 Å². The lowest BCUT2D eigenvalue weighted by molar-refractivity contribution is -0.692. The van der Waals surface area contributed by atoms with Crippen LogP contribution in [0.5, 0.6) is 0 Å². The molecule has 22 heavy (non-hydrogen) atoms. The number of nitrogens with two attached hydrogens (primary N) is 1. The van der Waals surface area contributed by atoms with Crippen molar-refractivity contribution < 1.29 is 10.1 Å². The van der Waals surface area contributed by atoms with Gasteiger partial charge in [0.05, 0.1) is 0 Å². The summed E-state index contributed by atoms with van der Waals surface area (Å²) in [7, 11) is 0. The van der Waals surface area contributed by atoms with Crippen LogP contribution in [-0.4, -0.2) is 18.5 Å². The van der Waals surface area contributed by atoms with Crippen molar-refractivity contribution in [2.45, 2.75) is 58.5 Å². The first kappa shape index (κ1) is 17.0. The largest absolute Gasteiger partial charge is 0.348 e. The van der Waals surface area contributed by atoms with E-state index < -0.39 is 0 Å². The quantitative estimate of drug-likeness (QED) is 0.834. The molecule has 122 valence electrons. The average molecular weight is 303 g/mol. The Hall–Kier alpha value is -1.35. The van der Waals surface area contributed by atoms with E-state index in [1.165, 1.54) is 24.8 Å². The fraction of sp³-hybridized carbons (Fsp3) is 0.632. The predicted octanol–water partition coefficient (Wildman–Crippen LogP) is 2.64. The van der Waals surface area contributed by atoms with E-state index >= 15 is 0 Å². The van der Waals surface area contributed by atoms with Gasteiger partial charge in [0.1, 0.15) is 6.04 Å². The molecule has 0 saturated heterocycles. The first-order valence-electron chi connectivity index (χ1n) is 8.75. The Labute approximate surface area is 134 Å². The minimum atomic E-state index is 0.181. The molecular weight excluding hydrogens is 272 g/mol. The first-order valence-corrected chi connectivity index (χ1v) is 8.75. The molecule has 1 aliphatic carbocycles. The number of hydrogen-bond acceptors (Lipinski definition) is 1. The molecule has 1 aliphatic rings. The molecule has 1 aromatic carbocycles. The topological polar surface area (TPSA) is 45.7 Å². The number of rotatable bonds is 6. The number of hydrogen-bond donors (Lipinski definition) is 2. The smallest absolute Gasteiger partial charge is 0.275 e. The second-order valence-electron chi connectivity index (χ2n) is 7.06. The monoisotopic (exact) mass is 303 g/mol. The Balaban J connectivity index is 1.85. The zero-order chi connectivity index (χ0) is 15.9.